The second-order valence-corrected chi connectivity index (χ2v) is 3.96. The van der Waals surface area contributed by atoms with Crippen LogP contribution in [0.2, 0.25) is 0 Å². The van der Waals surface area contributed by atoms with Crippen LogP contribution in [0.25, 0.3) is 0 Å². The number of methoxy groups -OCH3 is 1. The van der Waals surface area contributed by atoms with Gasteiger partial charge in [-0.05, 0) is 18.2 Å². The fourth-order valence-electron chi connectivity index (χ4n) is 1.60. The lowest BCUT2D eigenvalue weighted by Crippen LogP contribution is -2.05. The predicted octanol–water partition coefficient (Wildman–Crippen LogP) is 1.96. The lowest BCUT2D eigenvalue weighted by Gasteiger charge is -2.09. The van der Waals surface area contributed by atoms with Crippen LogP contribution in [0.5, 0.6) is 0 Å². The molecular weight excluding hydrogens is 261 g/mol. The smallest absolute Gasteiger partial charge is 0.158 e. The number of rotatable bonds is 4. The summed E-state index contributed by atoms with van der Waals surface area (Å²) in [5.74, 6) is 0.454. The van der Waals surface area contributed by atoms with Crippen molar-refractivity contribution >= 4 is 17.3 Å². The molecule has 1 heterocycles. The van der Waals surface area contributed by atoms with Gasteiger partial charge in [-0.25, -0.2) is 14.4 Å². The number of nitrogen functional groups attached to an aromatic ring is 1. The van der Waals surface area contributed by atoms with Crippen LogP contribution < -0.4 is 11.1 Å². The Labute approximate surface area is 115 Å². The Kier molecular flexibility index (Phi) is 4.08. The van der Waals surface area contributed by atoms with Gasteiger partial charge in [-0.2, -0.15) is 5.26 Å². The number of benzene rings is 1. The van der Waals surface area contributed by atoms with E-state index < -0.39 is 5.82 Å². The Bertz CT molecular complexity index is 668. The minimum Gasteiger partial charge on any atom is -0.384 e. The largest absolute Gasteiger partial charge is 0.384 e. The highest BCUT2D eigenvalue weighted by atomic mass is 19.1. The zero-order chi connectivity index (χ0) is 14.5. The standard InChI is InChI=1S/C13H12FN5O/c1-20-7-13-18-11(16)5-12(19-13)17-10-3-2-8(6-15)4-9(10)14/h2-5H,7H2,1H3,(H3,16,17,18,19). The van der Waals surface area contributed by atoms with Crippen LogP contribution in [0.1, 0.15) is 11.4 Å². The van der Waals surface area contributed by atoms with Crippen molar-refractivity contribution in [3.05, 3.63) is 41.5 Å². The third kappa shape index (κ3) is 3.18. The number of nitriles is 1. The first-order valence-corrected chi connectivity index (χ1v) is 5.71. The summed E-state index contributed by atoms with van der Waals surface area (Å²) in [5.41, 5.74) is 6.09. The van der Waals surface area contributed by atoms with Gasteiger partial charge in [-0.15, -0.1) is 0 Å². The highest BCUT2D eigenvalue weighted by Crippen LogP contribution is 2.20. The Morgan fingerprint density at radius 2 is 2.20 bits per heavy atom. The summed E-state index contributed by atoms with van der Waals surface area (Å²) < 4.78 is 18.7. The molecule has 0 fully saturated rings. The van der Waals surface area contributed by atoms with E-state index in [-0.39, 0.29) is 23.7 Å². The average molecular weight is 273 g/mol. The van der Waals surface area contributed by atoms with Crippen molar-refractivity contribution in [1.82, 2.24) is 9.97 Å². The van der Waals surface area contributed by atoms with Crippen molar-refractivity contribution in [2.45, 2.75) is 6.61 Å². The van der Waals surface area contributed by atoms with Gasteiger partial charge in [-0.3, -0.25) is 0 Å². The monoisotopic (exact) mass is 273 g/mol. The number of hydrogen-bond acceptors (Lipinski definition) is 6. The fourth-order valence-corrected chi connectivity index (χ4v) is 1.60. The van der Waals surface area contributed by atoms with Crippen molar-refractivity contribution in [2.75, 3.05) is 18.2 Å². The minimum absolute atomic E-state index is 0.200. The van der Waals surface area contributed by atoms with E-state index in [2.05, 4.69) is 15.3 Å². The van der Waals surface area contributed by atoms with Crippen LogP contribution >= 0.6 is 0 Å². The summed E-state index contributed by atoms with van der Waals surface area (Å²) in [6.07, 6.45) is 0. The van der Waals surface area contributed by atoms with E-state index in [1.54, 1.807) is 0 Å². The van der Waals surface area contributed by atoms with Gasteiger partial charge < -0.3 is 15.8 Å². The van der Waals surface area contributed by atoms with Crippen molar-refractivity contribution < 1.29 is 9.13 Å². The van der Waals surface area contributed by atoms with Gasteiger partial charge in [0.25, 0.3) is 0 Å². The molecule has 3 N–H and O–H groups in total. The molecule has 0 unspecified atom stereocenters. The van der Waals surface area contributed by atoms with Gasteiger partial charge in [-0.1, -0.05) is 0 Å². The molecule has 0 amide bonds. The van der Waals surface area contributed by atoms with E-state index in [4.69, 9.17) is 15.7 Å². The third-order valence-corrected chi connectivity index (χ3v) is 2.43. The Hall–Kier alpha value is -2.72. The second kappa shape index (κ2) is 5.95. The summed E-state index contributed by atoms with van der Waals surface area (Å²) in [6, 6.07) is 7.46. The third-order valence-electron chi connectivity index (χ3n) is 2.43. The van der Waals surface area contributed by atoms with Gasteiger partial charge in [0.05, 0.1) is 17.3 Å². The molecule has 2 rings (SSSR count). The van der Waals surface area contributed by atoms with Crippen molar-refractivity contribution in [3.8, 4) is 6.07 Å². The molecule has 0 radical (unpaired) electrons. The molecule has 0 aliphatic carbocycles. The van der Waals surface area contributed by atoms with E-state index in [0.717, 1.165) is 6.07 Å². The van der Waals surface area contributed by atoms with E-state index in [0.29, 0.717) is 11.6 Å². The van der Waals surface area contributed by atoms with Crippen LogP contribution in [0.3, 0.4) is 0 Å². The maximum absolute atomic E-state index is 13.8. The van der Waals surface area contributed by atoms with Crippen LogP contribution in [-0.4, -0.2) is 17.1 Å². The molecule has 0 aliphatic rings. The number of ether oxygens (including phenoxy) is 1. The van der Waals surface area contributed by atoms with Gasteiger partial charge in [0, 0.05) is 13.2 Å². The van der Waals surface area contributed by atoms with Gasteiger partial charge in [0.15, 0.2) is 5.82 Å². The Balaban J connectivity index is 2.28. The van der Waals surface area contributed by atoms with Crippen molar-refractivity contribution in [3.63, 3.8) is 0 Å². The van der Waals surface area contributed by atoms with Crippen LogP contribution in [0, 0.1) is 17.1 Å². The first-order valence-electron chi connectivity index (χ1n) is 5.71. The molecule has 0 spiro atoms. The van der Waals surface area contributed by atoms with Gasteiger partial charge >= 0.3 is 0 Å². The summed E-state index contributed by atoms with van der Waals surface area (Å²) >= 11 is 0. The second-order valence-electron chi connectivity index (χ2n) is 3.96. The molecule has 20 heavy (non-hydrogen) atoms. The molecule has 7 heteroatoms. The molecule has 2 aromatic rings. The summed E-state index contributed by atoms with van der Waals surface area (Å²) in [5, 5.41) is 11.5. The summed E-state index contributed by atoms with van der Waals surface area (Å²) in [7, 11) is 1.51. The number of nitrogens with one attached hydrogen (secondary N) is 1. The first-order chi connectivity index (χ1) is 9.62. The van der Waals surface area contributed by atoms with Crippen molar-refractivity contribution in [1.29, 1.82) is 5.26 Å². The topological polar surface area (TPSA) is 96.9 Å². The SMILES string of the molecule is COCc1nc(N)cc(Nc2ccc(C#N)cc2F)n1. The highest BCUT2D eigenvalue weighted by Gasteiger charge is 2.07. The minimum atomic E-state index is -0.547. The molecule has 0 atom stereocenters. The predicted molar refractivity (Wildman–Crippen MR) is 71.6 cm³/mol. The van der Waals surface area contributed by atoms with Gasteiger partial charge in [0.2, 0.25) is 0 Å². The molecule has 1 aromatic carbocycles. The lowest BCUT2D eigenvalue weighted by molar-refractivity contribution is 0.178. The van der Waals surface area contributed by atoms with E-state index in [1.165, 1.54) is 25.3 Å². The molecular formula is C13H12FN5O. The van der Waals surface area contributed by atoms with Crippen LogP contribution in [-0.2, 0) is 11.3 Å². The quantitative estimate of drug-likeness (QED) is 0.883. The zero-order valence-corrected chi connectivity index (χ0v) is 10.7. The molecule has 0 saturated heterocycles. The fraction of sp³-hybridized carbons (Fsp3) is 0.154. The number of nitrogens with two attached hydrogens (primary N) is 1. The van der Waals surface area contributed by atoms with E-state index in [9.17, 15) is 4.39 Å². The normalized spacial score (nSPS) is 10.1. The van der Waals surface area contributed by atoms with Crippen LogP contribution in [0.15, 0.2) is 24.3 Å². The van der Waals surface area contributed by atoms with E-state index in [1.807, 2.05) is 6.07 Å². The first kappa shape index (κ1) is 13.7. The lowest BCUT2D eigenvalue weighted by atomic mass is 10.2. The summed E-state index contributed by atoms with van der Waals surface area (Å²) in [6.45, 7) is 0.204. The number of hydrogen-bond donors (Lipinski definition) is 2. The summed E-state index contributed by atoms with van der Waals surface area (Å²) in [4.78, 5) is 8.12. The van der Waals surface area contributed by atoms with Gasteiger partial charge in [0.1, 0.15) is 24.1 Å². The molecule has 0 aliphatic heterocycles. The van der Waals surface area contributed by atoms with Crippen molar-refractivity contribution in [2.24, 2.45) is 0 Å². The average Bonchev–Trinajstić information content (AvgIpc) is 2.41. The number of aromatic nitrogens is 2. The zero-order valence-electron chi connectivity index (χ0n) is 10.7. The van der Waals surface area contributed by atoms with E-state index >= 15 is 0 Å². The number of anilines is 3. The number of nitrogens with zero attached hydrogens (tertiary/aromatic N) is 3. The Morgan fingerprint density at radius 3 is 2.85 bits per heavy atom. The maximum Gasteiger partial charge on any atom is 0.158 e. The maximum atomic E-state index is 13.8. The molecule has 102 valence electrons. The number of halogens is 1. The van der Waals surface area contributed by atoms with Crippen LogP contribution in [0.4, 0.5) is 21.7 Å². The highest BCUT2D eigenvalue weighted by molar-refractivity contribution is 5.60. The molecule has 0 saturated carbocycles. The molecule has 6 nitrogen and oxygen atoms in total. The molecule has 0 bridgehead atoms. The molecule has 1 aromatic heterocycles. The Morgan fingerprint density at radius 1 is 1.40 bits per heavy atom.